The predicted molar refractivity (Wildman–Crippen MR) is 71.6 cm³/mol. The minimum atomic E-state index is 0.257. The SMILES string of the molecule is COC/C(C#N)=C\c1cc(OC)c(OC)c(OC)c1. The summed E-state index contributed by atoms with van der Waals surface area (Å²) in [6.45, 7) is 0.257. The van der Waals surface area contributed by atoms with Crippen LogP contribution in [0.3, 0.4) is 0 Å². The fourth-order valence-corrected chi connectivity index (χ4v) is 1.65. The highest BCUT2D eigenvalue weighted by molar-refractivity contribution is 5.65. The number of rotatable bonds is 6. The first-order valence-electron chi connectivity index (χ1n) is 5.59. The highest BCUT2D eigenvalue weighted by atomic mass is 16.5. The standard InChI is InChI=1S/C14H17NO4/c1-16-9-11(8-15)5-10-6-12(17-2)14(19-4)13(7-10)18-3/h5-7H,9H2,1-4H3/b11-5-. The maximum Gasteiger partial charge on any atom is 0.203 e. The van der Waals surface area contributed by atoms with Crippen molar-refractivity contribution in [2.45, 2.75) is 0 Å². The van der Waals surface area contributed by atoms with Crippen LogP contribution in [0, 0.1) is 11.3 Å². The first-order valence-corrected chi connectivity index (χ1v) is 5.59. The van der Waals surface area contributed by atoms with Crippen LogP contribution in [0.1, 0.15) is 5.56 Å². The van der Waals surface area contributed by atoms with Crippen LogP contribution in [0.25, 0.3) is 6.08 Å². The third-order valence-electron chi connectivity index (χ3n) is 2.47. The van der Waals surface area contributed by atoms with Crippen LogP contribution in [-0.2, 0) is 4.74 Å². The third kappa shape index (κ3) is 3.63. The van der Waals surface area contributed by atoms with Crippen molar-refractivity contribution in [2.24, 2.45) is 0 Å². The smallest absolute Gasteiger partial charge is 0.203 e. The molecule has 0 aliphatic carbocycles. The quantitative estimate of drug-likeness (QED) is 0.737. The Bertz CT molecular complexity index is 478. The van der Waals surface area contributed by atoms with E-state index in [1.54, 1.807) is 46.6 Å². The average molecular weight is 263 g/mol. The molecule has 0 aliphatic heterocycles. The largest absolute Gasteiger partial charge is 0.493 e. The van der Waals surface area contributed by atoms with Crippen LogP contribution in [0.2, 0.25) is 0 Å². The Balaban J connectivity index is 3.27. The van der Waals surface area contributed by atoms with Gasteiger partial charge in [-0.25, -0.2) is 0 Å². The lowest BCUT2D eigenvalue weighted by molar-refractivity contribution is 0.229. The molecule has 0 unspecified atom stereocenters. The van der Waals surface area contributed by atoms with E-state index < -0.39 is 0 Å². The summed E-state index contributed by atoms with van der Waals surface area (Å²) in [6.07, 6.45) is 1.72. The van der Waals surface area contributed by atoms with E-state index in [0.29, 0.717) is 22.8 Å². The molecular weight excluding hydrogens is 246 g/mol. The van der Waals surface area contributed by atoms with Gasteiger partial charge in [-0.2, -0.15) is 5.26 Å². The normalized spacial score (nSPS) is 10.8. The lowest BCUT2D eigenvalue weighted by Crippen LogP contribution is -1.96. The van der Waals surface area contributed by atoms with Gasteiger partial charge in [-0.3, -0.25) is 0 Å². The second-order valence-corrected chi connectivity index (χ2v) is 3.67. The summed E-state index contributed by atoms with van der Waals surface area (Å²) >= 11 is 0. The summed E-state index contributed by atoms with van der Waals surface area (Å²) < 4.78 is 20.7. The van der Waals surface area contributed by atoms with Gasteiger partial charge in [0.15, 0.2) is 11.5 Å². The summed E-state index contributed by atoms with van der Waals surface area (Å²) in [5, 5.41) is 8.99. The Morgan fingerprint density at radius 3 is 2.05 bits per heavy atom. The molecule has 0 saturated carbocycles. The van der Waals surface area contributed by atoms with Gasteiger partial charge >= 0.3 is 0 Å². The summed E-state index contributed by atoms with van der Waals surface area (Å²) in [7, 11) is 6.18. The lowest BCUT2D eigenvalue weighted by atomic mass is 10.1. The van der Waals surface area contributed by atoms with Crippen LogP contribution in [0.4, 0.5) is 0 Å². The topological polar surface area (TPSA) is 60.7 Å². The van der Waals surface area contributed by atoms with Gasteiger partial charge < -0.3 is 18.9 Å². The van der Waals surface area contributed by atoms with Crippen LogP contribution in [0.5, 0.6) is 17.2 Å². The number of hydrogen-bond acceptors (Lipinski definition) is 5. The van der Waals surface area contributed by atoms with Crippen molar-refractivity contribution < 1.29 is 18.9 Å². The zero-order valence-electron chi connectivity index (χ0n) is 11.5. The molecule has 102 valence electrons. The van der Waals surface area contributed by atoms with Crippen LogP contribution >= 0.6 is 0 Å². The van der Waals surface area contributed by atoms with Gasteiger partial charge in [-0.05, 0) is 23.8 Å². The molecule has 5 nitrogen and oxygen atoms in total. The van der Waals surface area contributed by atoms with Gasteiger partial charge in [-0.15, -0.1) is 0 Å². The zero-order valence-corrected chi connectivity index (χ0v) is 11.5. The van der Waals surface area contributed by atoms with Crippen LogP contribution < -0.4 is 14.2 Å². The second-order valence-electron chi connectivity index (χ2n) is 3.67. The van der Waals surface area contributed by atoms with E-state index >= 15 is 0 Å². The van der Waals surface area contributed by atoms with Crippen molar-refractivity contribution in [1.29, 1.82) is 5.26 Å². The van der Waals surface area contributed by atoms with E-state index in [1.165, 1.54) is 0 Å². The molecule has 0 atom stereocenters. The van der Waals surface area contributed by atoms with Gasteiger partial charge in [0.05, 0.1) is 39.6 Å². The van der Waals surface area contributed by atoms with Gasteiger partial charge in [-0.1, -0.05) is 0 Å². The monoisotopic (exact) mass is 263 g/mol. The van der Waals surface area contributed by atoms with E-state index in [4.69, 9.17) is 24.2 Å². The highest BCUT2D eigenvalue weighted by Gasteiger charge is 2.12. The van der Waals surface area contributed by atoms with E-state index in [2.05, 4.69) is 6.07 Å². The van der Waals surface area contributed by atoms with Crippen molar-refractivity contribution in [3.8, 4) is 23.3 Å². The van der Waals surface area contributed by atoms with Crippen molar-refractivity contribution in [3.05, 3.63) is 23.3 Å². The fraction of sp³-hybridized carbons (Fsp3) is 0.357. The van der Waals surface area contributed by atoms with Crippen molar-refractivity contribution in [3.63, 3.8) is 0 Å². The van der Waals surface area contributed by atoms with Crippen molar-refractivity contribution in [1.82, 2.24) is 0 Å². The molecule has 0 radical (unpaired) electrons. The summed E-state index contributed by atoms with van der Waals surface area (Å²) in [6, 6.07) is 5.62. The first kappa shape index (κ1) is 14.9. The highest BCUT2D eigenvalue weighted by Crippen LogP contribution is 2.38. The predicted octanol–water partition coefficient (Wildman–Crippen LogP) is 2.27. The van der Waals surface area contributed by atoms with Crippen molar-refractivity contribution in [2.75, 3.05) is 35.0 Å². The van der Waals surface area contributed by atoms with Crippen LogP contribution in [0.15, 0.2) is 17.7 Å². The Labute approximate surface area is 113 Å². The summed E-state index contributed by atoms with van der Waals surface area (Å²) in [4.78, 5) is 0. The maximum absolute atomic E-state index is 8.99. The molecule has 5 heteroatoms. The number of nitrogens with zero attached hydrogens (tertiary/aromatic N) is 1. The molecule has 1 aromatic rings. The molecule has 0 N–H and O–H groups in total. The molecule has 0 bridgehead atoms. The average Bonchev–Trinajstić information content (AvgIpc) is 2.45. The molecule has 0 fully saturated rings. The van der Waals surface area contributed by atoms with E-state index in [9.17, 15) is 0 Å². The molecule has 0 amide bonds. The summed E-state index contributed by atoms with van der Waals surface area (Å²) in [5.74, 6) is 1.61. The van der Waals surface area contributed by atoms with Gasteiger partial charge in [0.2, 0.25) is 5.75 Å². The zero-order chi connectivity index (χ0) is 14.3. The van der Waals surface area contributed by atoms with Gasteiger partial charge in [0.1, 0.15) is 0 Å². The minimum Gasteiger partial charge on any atom is -0.493 e. The number of methoxy groups -OCH3 is 4. The molecule has 0 saturated heterocycles. The second kappa shape index (κ2) is 7.29. The number of nitriles is 1. The number of benzene rings is 1. The Morgan fingerprint density at radius 2 is 1.68 bits per heavy atom. The Morgan fingerprint density at radius 1 is 1.11 bits per heavy atom. The molecule has 1 rings (SSSR count). The molecule has 0 aliphatic rings. The van der Waals surface area contributed by atoms with Crippen LogP contribution in [-0.4, -0.2) is 35.0 Å². The Kier molecular flexibility index (Phi) is 5.71. The minimum absolute atomic E-state index is 0.257. The molecular formula is C14H17NO4. The van der Waals surface area contributed by atoms with E-state index in [-0.39, 0.29) is 6.61 Å². The molecule has 0 heterocycles. The summed E-state index contributed by atoms with van der Waals surface area (Å²) in [5.41, 5.74) is 1.29. The molecule has 19 heavy (non-hydrogen) atoms. The Hall–Kier alpha value is -2.19. The number of hydrogen-bond donors (Lipinski definition) is 0. The number of ether oxygens (including phenoxy) is 4. The molecule has 0 spiro atoms. The van der Waals surface area contributed by atoms with E-state index in [1.807, 2.05) is 0 Å². The first-order chi connectivity index (χ1) is 9.19. The van der Waals surface area contributed by atoms with Crippen molar-refractivity contribution >= 4 is 6.08 Å². The molecule has 0 aromatic heterocycles. The maximum atomic E-state index is 8.99. The lowest BCUT2D eigenvalue weighted by Gasteiger charge is -2.13. The molecule has 1 aromatic carbocycles. The van der Waals surface area contributed by atoms with Gasteiger partial charge in [0.25, 0.3) is 0 Å². The fourth-order valence-electron chi connectivity index (χ4n) is 1.65. The van der Waals surface area contributed by atoms with Gasteiger partial charge in [0, 0.05) is 7.11 Å². The van der Waals surface area contributed by atoms with E-state index in [0.717, 1.165) is 5.56 Å². The third-order valence-corrected chi connectivity index (χ3v) is 2.47.